The first-order valence-corrected chi connectivity index (χ1v) is 7.71. The fourth-order valence-corrected chi connectivity index (χ4v) is 3.28. The number of ether oxygens (including phenoxy) is 2. The van der Waals surface area contributed by atoms with Crippen molar-refractivity contribution in [2.45, 2.75) is 0 Å². The summed E-state index contributed by atoms with van der Waals surface area (Å²) in [6.45, 7) is 0. The maximum absolute atomic E-state index is 13.8. The van der Waals surface area contributed by atoms with Gasteiger partial charge in [0.05, 0.1) is 14.2 Å². The smallest absolute Gasteiger partial charge is 0.165 e. The average molecular weight is 332 g/mol. The van der Waals surface area contributed by atoms with E-state index in [-0.39, 0.29) is 11.6 Å². The highest BCUT2D eigenvalue weighted by atomic mass is 32.1. The lowest BCUT2D eigenvalue weighted by molar-refractivity contribution is 0.386. The van der Waals surface area contributed by atoms with Gasteiger partial charge in [-0.15, -0.1) is 11.3 Å². The zero-order valence-electron chi connectivity index (χ0n) is 12.6. The van der Waals surface area contributed by atoms with E-state index in [0.717, 1.165) is 20.9 Å². The van der Waals surface area contributed by atoms with E-state index in [1.807, 2.05) is 12.1 Å². The van der Waals surface area contributed by atoms with E-state index in [1.165, 1.54) is 43.8 Å². The summed E-state index contributed by atoms with van der Waals surface area (Å²) in [5.74, 6) is -0.0944. The maximum Gasteiger partial charge on any atom is 0.165 e. The van der Waals surface area contributed by atoms with Crippen LogP contribution in [0.2, 0.25) is 0 Å². The number of hydrogen-bond acceptors (Lipinski definition) is 3. The van der Waals surface area contributed by atoms with E-state index in [4.69, 9.17) is 9.47 Å². The SMILES string of the molecule is COc1cc(F)cc(-c2ccc(-c3ccc(OC)c(F)c3)s2)c1. The molecule has 1 aromatic heterocycles. The number of hydrogen-bond donors (Lipinski definition) is 0. The fourth-order valence-electron chi connectivity index (χ4n) is 2.29. The second-order valence-corrected chi connectivity index (χ2v) is 5.98. The molecule has 0 saturated heterocycles. The van der Waals surface area contributed by atoms with Crippen molar-refractivity contribution >= 4 is 11.3 Å². The molecule has 118 valence electrons. The van der Waals surface area contributed by atoms with Gasteiger partial charge in [0.15, 0.2) is 11.6 Å². The van der Waals surface area contributed by atoms with Crippen LogP contribution in [0.3, 0.4) is 0 Å². The molecule has 0 atom stereocenters. The molecule has 0 radical (unpaired) electrons. The lowest BCUT2D eigenvalue weighted by atomic mass is 10.1. The second kappa shape index (κ2) is 6.38. The van der Waals surface area contributed by atoms with Crippen molar-refractivity contribution < 1.29 is 18.3 Å². The van der Waals surface area contributed by atoms with Gasteiger partial charge >= 0.3 is 0 Å². The molecule has 0 saturated carbocycles. The van der Waals surface area contributed by atoms with Gasteiger partial charge < -0.3 is 9.47 Å². The Hall–Kier alpha value is -2.40. The number of halogens is 2. The Labute approximate surface area is 136 Å². The van der Waals surface area contributed by atoms with Crippen LogP contribution in [-0.2, 0) is 0 Å². The van der Waals surface area contributed by atoms with Crippen molar-refractivity contribution in [3.8, 4) is 32.4 Å². The van der Waals surface area contributed by atoms with Gasteiger partial charge in [-0.2, -0.15) is 0 Å². The molecule has 3 rings (SSSR count). The summed E-state index contributed by atoms with van der Waals surface area (Å²) in [6, 6.07) is 13.1. The van der Waals surface area contributed by atoms with Crippen LogP contribution in [0.4, 0.5) is 8.78 Å². The number of methoxy groups -OCH3 is 2. The predicted octanol–water partition coefficient (Wildman–Crippen LogP) is 5.38. The Bertz CT molecular complexity index is 843. The Morgan fingerprint density at radius 1 is 0.783 bits per heavy atom. The highest BCUT2D eigenvalue weighted by molar-refractivity contribution is 7.18. The van der Waals surface area contributed by atoms with Gasteiger partial charge in [-0.25, -0.2) is 8.78 Å². The van der Waals surface area contributed by atoms with Gasteiger partial charge in [0.25, 0.3) is 0 Å². The van der Waals surface area contributed by atoms with E-state index in [1.54, 1.807) is 18.2 Å². The molecular weight excluding hydrogens is 318 g/mol. The third kappa shape index (κ3) is 3.19. The molecule has 3 aromatic rings. The van der Waals surface area contributed by atoms with E-state index in [2.05, 4.69) is 0 Å². The molecular formula is C18H14F2O2S. The van der Waals surface area contributed by atoms with Crippen LogP contribution in [-0.4, -0.2) is 14.2 Å². The first-order chi connectivity index (χ1) is 11.1. The summed E-state index contributed by atoms with van der Waals surface area (Å²) in [5.41, 5.74) is 1.48. The average Bonchev–Trinajstić information content (AvgIpc) is 3.04. The topological polar surface area (TPSA) is 18.5 Å². The monoisotopic (exact) mass is 332 g/mol. The van der Waals surface area contributed by atoms with E-state index < -0.39 is 5.82 Å². The highest BCUT2D eigenvalue weighted by Crippen LogP contribution is 2.37. The Balaban J connectivity index is 1.97. The van der Waals surface area contributed by atoms with Crippen LogP contribution >= 0.6 is 11.3 Å². The molecule has 2 aromatic carbocycles. The Kier molecular flexibility index (Phi) is 4.30. The molecule has 2 nitrogen and oxygen atoms in total. The largest absolute Gasteiger partial charge is 0.497 e. The van der Waals surface area contributed by atoms with Crippen LogP contribution in [0, 0.1) is 11.6 Å². The highest BCUT2D eigenvalue weighted by Gasteiger charge is 2.10. The molecule has 0 amide bonds. The van der Waals surface area contributed by atoms with Crippen LogP contribution < -0.4 is 9.47 Å². The van der Waals surface area contributed by atoms with Gasteiger partial charge in [-0.1, -0.05) is 0 Å². The van der Waals surface area contributed by atoms with Crippen LogP contribution in [0.25, 0.3) is 20.9 Å². The normalized spacial score (nSPS) is 10.6. The van der Waals surface area contributed by atoms with Crippen molar-refractivity contribution in [3.05, 3.63) is 60.2 Å². The van der Waals surface area contributed by atoms with Gasteiger partial charge in [0, 0.05) is 15.8 Å². The zero-order chi connectivity index (χ0) is 16.4. The summed E-state index contributed by atoms with van der Waals surface area (Å²) in [7, 11) is 2.93. The molecule has 0 N–H and O–H groups in total. The number of benzene rings is 2. The standard InChI is InChI=1S/C18H14F2O2S/c1-21-14-8-12(7-13(19)10-14)18-6-5-17(23-18)11-3-4-16(22-2)15(20)9-11/h3-10H,1-2H3. The van der Waals surface area contributed by atoms with Crippen molar-refractivity contribution in [3.63, 3.8) is 0 Å². The van der Waals surface area contributed by atoms with Gasteiger partial charge in [0.2, 0.25) is 0 Å². The minimum absolute atomic E-state index is 0.209. The van der Waals surface area contributed by atoms with Crippen LogP contribution in [0.5, 0.6) is 11.5 Å². The minimum atomic E-state index is -0.410. The third-order valence-corrected chi connectivity index (χ3v) is 4.62. The van der Waals surface area contributed by atoms with Crippen molar-refractivity contribution in [2.75, 3.05) is 14.2 Å². The maximum atomic E-state index is 13.8. The zero-order valence-corrected chi connectivity index (χ0v) is 13.4. The lowest BCUT2D eigenvalue weighted by Gasteiger charge is -2.04. The van der Waals surface area contributed by atoms with E-state index in [9.17, 15) is 8.78 Å². The Morgan fingerprint density at radius 2 is 1.52 bits per heavy atom. The molecule has 0 aliphatic rings. The van der Waals surface area contributed by atoms with Gasteiger partial charge in [0.1, 0.15) is 11.6 Å². The molecule has 0 fully saturated rings. The molecule has 1 heterocycles. The molecule has 23 heavy (non-hydrogen) atoms. The summed E-state index contributed by atoms with van der Waals surface area (Å²) < 4.78 is 37.5. The quantitative estimate of drug-likeness (QED) is 0.639. The van der Waals surface area contributed by atoms with E-state index in [0.29, 0.717) is 5.75 Å². The van der Waals surface area contributed by atoms with Crippen LogP contribution in [0.15, 0.2) is 48.5 Å². The second-order valence-electron chi connectivity index (χ2n) is 4.89. The third-order valence-electron chi connectivity index (χ3n) is 3.43. The fraction of sp³-hybridized carbons (Fsp3) is 0.111. The lowest BCUT2D eigenvalue weighted by Crippen LogP contribution is -1.87. The summed E-state index contributed by atoms with van der Waals surface area (Å²) in [4.78, 5) is 1.78. The number of rotatable bonds is 4. The predicted molar refractivity (Wildman–Crippen MR) is 88.2 cm³/mol. The number of thiophene rings is 1. The molecule has 0 aliphatic heterocycles. The van der Waals surface area contributed by atoms with Crippen molar-refractivity contribution in [1.29, 1.82) is 0 Å². The van der Waals surface area contributed by atoms with Crippen molar-refractivity contribution in [2.24, 2.45) is 0 Å². The van der Waals surface area contributed by atoms with Crippen LogP contribution in [0.1, 0.15) is 0 Å². The van der Waals surface area contributed by atoms with Crippen molar-refractivity contribution in [1.82, 2.24) is 0 Å². The minimum Gasteiger partial charge on any atom is -0.497 e. The molecule has 0 spiro atoms. The Morgan fingerprint density at radius 3 is 2.17 bits per heavy atom. The van der Waals surface area contributed by atoms with E-state index >= 15 is 0 Å². The molecule has 0 aliphatic carbocycles. The first-order valence-electron chi connectivity index (χ1n) is 6.89. The van der Waals surface area contributed by atoms with Gasteiger partial charge in [-0.05, 0) is 53.6 Å². The summed E-state index contributed by atoms with van der Waals surface area (Å²) >= 11 is 1.46. The van der Waals surface area contributed by atoms with Gasteiger partial charge in [-0.3, -0.25) is 0 Å². The summed E-state index contributed by atoms with van der Waals surface area (Å²) in [6.07, 6.45) is 0. The molecule has 0 unspecified atom stereocenters. The molecule has 5 heteroatoms. The first kappa shape index (κ1) is 15.5. The summed E-state index contributed by atoms with van der Waals surface area (Å²) in [5, 5.41) is 0. The molecule has 0 bridgehead atoms.